The number of nitrogens with zero attached hydrogens (tertiary/aromatic N) is 2. The van der Waals surface area contributed by atoms with Crippen molar-refractivity contribution in [2.24, 2.45) is 5.73 Å². The summed E-state index contributed by atoms with van der Waals surface area (Å²) in [4.78, 5) is 0. The number of allylic oxidation sites excluding steroid dienone is 1. The highest BCUT2D eigenvalue weighted by atomic mass is 16.5. The van der Waals surface area contributed by atoms with Crippen LogP contribution in [-0.4, -0.2) is 16.8 Å². The molecule has 2 heterocycles. The highest BCUT2D eigenvalue weighted by Crippen LogP contribution is 2.43. The number of H-pyrrole nitrogens is 1. The number of aromatic nitrogens is 2. The van der Waals surface area contributed by atoms with Crippen LogP contribution in [0.2, 0.25) is 0 Å². The molecule has 130 valence electrons. The molecule has 0 saturated heterocycles. The first-order valence-corrected chi connectivity index (χ1v) is 8.57. The third-order valence-corrected chi connectivity index (χ3v) is 4.20. The summed E-state index contributed by atoms with van der Waals surface area (Å²) in [7, 11) is 0. The van der Waals surface area contributed by atoms with Crippen LogP contribution in [0.1, 0.15) is 49.4 Å². The molecule has 0 spiro atoms. The first-order valence-electron chi connectivity index (χ1n) is 8.57. The van der Waals surface area contributed by atoms with Gasteiger partial charge in [-0.3, -0.25) is 5.10 Å². The molecule has 0 unspecified atom stereocenters. The molecule has 1 aliphatic heterocycles. The molecular weight excluding hydrogens is 316 g/mol. The van der Waals surface area contributed by atoms with Gasteiger partial charge in [-0.1, -0.05) is 32.4 Å². The molecule has 1 atom stereocenters. The highest BCUT2D eigenvalue weighted by Gasteiger charge is 2.34. The van der Waals surface area contributed by atoms with E-state index in [0.29, 0.717) is 18.1 Å². The summed E-state index contributed by atoms with van der Waals surface area (Å²) in [5, 5.41) is 16.9. The van der Waals surface area contributed by atoms with E-state index in [4.69, 9.17) is 15.2 Å². The van der Waals surface area contributed by atoms with E-state index in [9.17, 15) is 5.26 Å². The van der Waals surface area contributed by atoms with E-state index in [1.54, 1.807) is 0 Å². The molecular formula is C19H22N4O2. The Bertz CT molecular complexity index is 815. The van der Waals surface area contributed by atoms with Crippen LogP contribution in [0.4, 0.5) is 0 Å². The lowest BCUT2D eigenvalue weighted by Gasteiger charge is -2.24. The van der Waals surface area contributed by atoms with Crippen molar-refractivity contribution in [3.05, 3.63) is 52.5 Å². The van der Waals surface area contributed by atoms with Crippen molar-refractivity contribution in [2.75, 3.05) is 6.61 Å². The number of nitrogens with one attached hydrogen (secondary N) is 1. The number of fused-ring (bicyclic) bond motifs is 1. The largest absolute Gasteiger partial charge is 0.494 e. The monoisotopic (exact) mass is 338 g/mol. The zero-order valence-corrected chi connectivity index (χ0v) is 14.5. The predicted molar refractivity (Wildman–Crippen MR) is 94.1 cm³/mol. The van der Waals surface area contributed by atoms with Crippen LogP contribution in [0, 0.1) is 11.3 Å². The van der Waals surface area contributed by atoms with E-state index >= 15 is 0 Å². The van der Waals surface area contributed by atoms with Gasteiger partial charge in [0.1, 0.15) is 17.4 Å². The summed E-state index contributed by atoms with van der Waals surface area (Å²) < 4.78 is 11.2. The maximum absolute atomic E-state index is 9.62. The Kier molecular flexibility index (Phi) is 4.94. The number of nitriles is 1. The molecule has 3 rings (SSSR count). The van der Waals surface area contributed by atoms with Gasteiger partial charge < -0.3 is 15.2 Å². The van der Waals surface area contributed by atoms with Crippen molar-refractivity contribution in [3.63, 3.8) is 0 Å². The minimum Gasteiger partial charge on any atom is -0.494 e. The van der Waals surface area contributed by atoms with Gasteiger partial charge in [-0.2, -0.15) is 5.26 Å². The van der Waals surface area contributed by atoms with Crippen LogP contribution in [-0.2, 0) is 6.42 Å². The van der Waals surface area contributed by atoms with Crippen LogP contribution in [0.25, 0.3) is 0 Å². The summed E-state index contributed by atoms with van der Waals surface area (Å²) in [5.74, 6) is 1.10. The summed E-state index contributed by atoms with van der Waals surface area (Å²) in [6, 6.07) is 9.99. The number of hydrogen-bond acceptors (Lipinski definition) is 5. The maximum atomic E-state index is 9.62. The van der Waals surface area contributed by atoms with Crippen molar-refractivity contribution in [2.45, 2.75) is 39.0 Å². The normalized spacial score (nSPS) is 16.1. The molecule has 0 saturated carbocycles. The second kappa shape index (κ2) is 7.31. The summed E-state index contributed by atoms with van der Waals surface area (Å²) in [5.41, 5.74) is 9.22. The lowest BCUT2D eigenvalue weighted by atomic mass is 9.83. The molecule has 1 aromatic heterocycles. The Morgan fingerprint density at radius 1 is 1.28 bits per heavy atom. The van der Waals surface area contributed by atoms with Crippen molar-refractivity contribution in [1.29, 1.82) is 5.26 Å². The second-order valence-electron chi connectivity index (χ2n) is 6.01. The smallest absolute Gasteiger partial charge is 0.244 e. The van der Waals surface area contributed by atoms with Gasteiger partial charge in [0.2, 0.25) is 11.8 Å². The predicted octanol–water partition coefficient (Wildman–Crippen LogP) is 3.37. The standard InChI is InChI=1S/C19H22N4O2/c1-3-5-15-17-16(12-6-8-13(9-7-12)24-10-4-2)14(11-20)18(21)25-19(17)23-22-15/h6-9,16H,3-5,10,21H2,1-2H3,(H,22,23)/t16-/m0/s1. The van der Waals surface area contributed by atoms with Gasteiger partial charge in [0.05, 0.1) is 12.5 Å². The molecule has 6 heteroatoms. The van der Waals surface area contributed by atoms with Gasteiger partial charge in [0, 0.05) is 11.3 Å². The molecule has 6 nitrogen and oxygen atoms in total. The fourth-order valence-corrected chi connectivity index (χ4v) is 3.06. The third kappa shape index (κ3) is 3.18. The number of hydrogen-bond donors (Lipinski definition) is 2. The van der Waals surface area contributed by atoms with Gasteiger partial charge in [-0.05, 0) is 30.5 Å². The molecule has 1 aliphatic rings. The highest BCUT2D eigenvalue weighted by molar-refractivity contribution is 5.55. The lowest BCUT2D eigenvalue weighted by molar-refractivity contribution is 0.317. The summed E-state index contributed by atoms with van der Waals surface area (Å²) in [6.45, 7) is 4.85. The van der Waals surface area contributed by atoms with Crippen molar-refractivity contribution < 1.29 is 9.47 Å². The number of ether oxygens (including phenoxy) is 2. The van der Waals surface area contributed by atoms with Gasteiger partial charge in [-0.25, -0.2) is 0 Å². The first kappa shape index (κ1) is 16.9. The van der Waals surface area contributed by atoms with Gasteiger partial charge in [-0.15, -0.1) is 5.10 Å². The van der Waals surface area contributed by atoms with E-state index in [1.807, 2.05) is 24.3 Å². The van der Waals surface area contributed by atoms with E-state index in [0.717, 1.165) is 41.8 Å². The van der Waals surface area contributed by atoms with Gasteiger partial charge in [0.25, 0.3) is 0 Å². The van der Waals surface area contributed by atoms with Crippen molar-refractivity contribution in [1.82, 2.24) is 10.2 Å². The fraction of sp³-hybridized carbons (Fsp3) is 0.368. The molecule has 0 bridgehead atoms. The number of rotatable bonds is 6. The molecule has 25 heavy (non-hydrogen) atoms. The summed E-state index contributed by atoms with van der Waals surface area (Å²) in [6.07, 6.45) is 2.75. The molecule has 2 aromatic rings. The fourth-order valence-electron chi connectivity index (χ4n) is 3.06. The zero-order valence-electron chi connectivity index (χ0n) is 14.5. The summed E-state index contributed by atoms with van der Waals surface area (Å²) >= 11 is 0. The van der Waals surface area contributed by atoms with Crippen LogP contribution >= 0.6 is 0 Å². The average molecular weight is 338 g/mol. The Morgan fingerprint density at radius 2 is 2.04 bits per heavy atom. The maximum Gasteiger partial charge on any atom is 0.244 e. The van der Waals surface area contributed by atoms with Crippen LogP contribution in [0.5, 0.6) is 11.6 Å². The average Bonchev–Trinajstić information content (AvgIpc) is 3.02. The molecule has 0 fully saturated rings. The first-order chi connectivity index (χ1) is 12.2. The zero-order chi connectivity index (χ0) is 17.8. The number of aromatic amines is 1. The van der Waals surface area contributed by atoms with E-state index in [2.05, 4.69) is 30.1 Å². The minimum absolute atomic E-state index is 0.112. The molecule has 3 N–H and O–H groups in total. The van der Waals surface area contributed by atoms with E-state index < -0.39 is 0 Å². The van der Waals surface area contributed by atoms with E-state index in [1.165, 1.54) is 0 Å². The Balaban J connectivity index is 2.03. The topological polar surface area (TPSA) is 96.9 Å². The molecule has 0 radical (unpaired) electrons. The molecule has 1 aromatic carbocycles. The van der Waals surface area contributed by atoms with E-state index in [-0.39, 0.29) is 11.8 Å². The van der Waals surface area contributed by atoms with Crippen molar-refractivity contribution >= 4 is 0 Å². The van der Waals surface area contributed by atoms with Crippen molar-refractivity contribution in [3.8, 4) is 17.7 Å². The quantitative estimate of drug-likeness (QED) is 0.841. The number of nitrogens with two attached hydrogens (primary N) is 1. The Labute approximate surface area is 147 Å². The van der Waals surface area contributed by atoms with Gasteiger partial charge in [0.15, 0.2) is 0 Å². The number of aryl methyl sites for hydroxylation is 1. The molecule has 0 amide bonds. The Hall–Kier alpha value is -2.94. The van der Waals surface area contributed by atoms with Crippen LogP contribution in [0.3, 0.4) is 0 Å². The molecule has 0 aliphatic carbocycles. The van der Waals surface area contributed by atoms with Gasteiger partial charge >= 0.3 is 0 Å². The third-order valence-electron chi connectivity index (χ3n) is 4.20. The minimum atomic E-state index is -0.283. The Morgan fingerprint density at radius 3 is 2.68 bits per heavy atom. The number of benzene rings is 1. The lowest BCUT2D eigenvalue weighted by Crippen LogP contribution is -2.21. The second-order valence-corrected chi connectivity index (χ2v) is 6.01. The van der Waals surface area contributed by atoms with Crippen LogP contribution < -0.4 is 15.2 Å². The SMILES string of the molecule is CCCOc1ccc([C@H]2C(C#N)=C(N)Oc3n[nH]c(CCC)c32)cc1. The van der Waals surface area contributed by atoms with Crippen LogP contribution in [0.15, 0.2) is 35.7 Å².